The lowest BCUT2D eigenvalue weighted by Gasteiger charge is -2.09. The van der Waals surface area contributed by atoms with Crippen LogP contribution in [0.4, 0.5) is 0 Å². The second-order valence-electron chi connectivity index (χ2n) is 14.3. The van der Waals surface area contributed by atoms with E-state index in [-0.39, 0.29) is 11.3 Å². The lowest BCUT2D eigenvalue weighted by Crippen LogP contribution is -2.00. The first kappa shape index (κ1) is 31.5. The quantitative estimate of drug-likeness (QED) is 0.188. The van der Waals surface area contributed by atoms with Gasteiger partial charge in [-0.3, -0.25) is 4.79 Å². The Balaban J connectivity index is 0.000000125. The molecular formula is C50H26O7. The van der Waals surface area contributed by atoms with Crippen LogP contribution in [0.15, 0.2) is 169 Å². The van der Waals surface area contributed by atoms with E-state index in [0.29, 0.717) is 27.9 Å². The molecule has 12 aromatic rings. The van der Waals surface area contributed by atoms with Gasteiger partial charge < -0.3 is 22.8 Å². The molecule has 1 aliphatic rings. The highest BCUT2D eigenvalue weighted by molar-refractivity contribution is 6.32. The number of carbonyl (C=O) groups excluding carboxylic acids is 1. The topological polar surface area (TPSA) is 107 Å². The highest BCUT2D eigenvalue weighted by Gasteiger charge is 2.33. The maximum atomic E-state index is 13.2. The van der Waals surface area contributed by atoms with Gasteiger partial charge in [0, 0.05) is 76.5 Å². The van der Waals surface area contributed by atoms with Crippen LogP contribution >= 0.6 is 0 Å². The largest absolute Gasteiger partial charge is 0.478 e. The molecule has 0 saturated heterocycles. The Hall–Kier alpha value is -7.90. The van der Waals surface area contributed by atoms with E-state index < -0.39 is 5.97 Å². The highest BCUT2D eigenvalue weighted by atomic mass is 16.4. The first-order valence-electron chi connectivity index (χ1n) is 18.6. The zero-order chi connectivity index (χ0) is 37.9. The molecule has 0 atom stereocenters. The summed E-state index contributed by atoms with van der Waals surface area (Å²) in [5, 5.41) is 17.7. The Morgan fingerprint density at radius 1 is 0.368 bits per heavy atom. The minimum atomic E-state index is -0.986. The van der Waals surface area contributed by atoms with Crippen molar-refractivity contribution < 1.29 is 32.4 Å². The van der Waals surface area contributed by atoms with E-state index in [1.807, 2.05) is 133 Å². The van der Waals surface area contributed by atoms with Crippen molar-refractivity contribution in [3.8, 4) is 22.3 Å². The molecule has 7 nitrogen and oxygen atoms in total. The smallest absolute Gasteiger partial charge is 0.336 e. The molecule has 0 aliphatic heterocycles. The fourth-order valence-corrected chi connectivity index (χ4v) is 8.86. The van der Waals surface area contributed by atoms with Crippen LogP contribution in [0, 0.1) is 0 Å². The molecule has 0 spiro atoms. The fraction of sp³-hybridized carbons (Fsp3) is 0. The molecule has 1 aliphatic carbocycles. The summed E-state index contributed by atoms with van der Waals surface area (Å²) in [7, 11) is 0. The molecule has 0 fully saturated rings. The number of benzene rings is 8. The van der Waals surface area contributed by atoms with Crippen LogP contribution in [0.25, 0.3) is 110 Å². The van der Waals surface area contributed by atoms with Gasteiger partial charge in [0.25, 0.3) is 0 Å². The number of hydrogen-bond donors (Lipinski definition) is 1. The van der Waals surface area contributed by atoms with Gasteiger partial charge >= 0.3 is 5.97 Å². The van der Waals surface area contributed by atoms with Gasteiger partial charge in [-0.1, -0.05) is 91.0 Å². The van der Waals surface area contributed by atoms with E-state index in [1.54, 1.807) is 12.1 Å². The molecule has 7 heteroatoms. The predicted octanol–water partition coefficient (Wildman–Crippen LogP) is 13.5. The Bertz CT molecular complexity index is 3700. The number of fused-ring (bicyclic) bond motifs is 17. The van der Waals surface area contributed by atoms with E-state index >= 15 is 0 Å². The molecule has 13 rings (SSSR count). The molecule has 0 unspecified atom stereocenters. The molecule has 0 saturated carbocycles. The monoisotopic (exact) mass is 738 g/mol. The van der Waals surface area contributed by atoms with Gasteiger partial charge in [-0.25, -0.2) is 4.79 Å². The van der Waals surface area contributed by atoms with E-state index in [9.17, 15) is 14.7 Å². The van der Waals surface area contributed by atoms with Crippen molar-refractivity contribution in [1.82, 2.24) is 0 Å². The summed E-state index contributed by atoms with van der Waals surface area (Å²) in [6.45, 7) is 0. The number of carboxylic acids is 1. The normalized spacial score (nSPS) is 12.4. The summed E-state index contributed by atoms with van der Waals surface area (Å²) < 4.78 is 24.5. The third-order valence-electron chi connectivity index (χ3n) is 11.3. The van der Waals surface area contributed by atoms with Crippen molar-refractivity contribution >= 4 is 99.5 Å². The summed E-state index contributed by atoms with van der Waals surface area (Å²) in [4.78, 5) is 25.3. The Morgan fingerprint density at radius 2 is 0.842 bits per heavy atom. The number of para-hydroxylation sites is 5. The van der Waals surface area contributed by atoms with Crippen molar-refractivity contribution in [2.24, 2.45) is 0 Å². The molecule has 8 aromatic carbocycles. The number of hydrogen-bond acceptors (Lipinski definition) is 6. The molecule has 0 amide bonds. The van der Waals surface area contributed by atoms with Crippen LogP contribution in [0.1, 0.15) is 26.3 Å². The molecule has 57 heavy (non-hydrogen) atoms. The lowest BCUT2D eigenvalue weighted by molar-refractivity contribution is 0.0697. The number of carboxylic acid groups (broad SMARTS) is 1. The van der Waals surface area contributed by atoms with Crippen molar-refractivity contribution in [3.05, 3.63) is 168 Å². The molecule has 0 bridgehead atoms. The third-order valence-corrected chi connectivity index (χ3v) is 11.3. The number of ketones is 1. The first-order valence-corrected chi connectivity index (χ1v) is 18.6. The van der Waals surface area contributed by atoms with Gasteiger partial charge in [-0.2, -0.15) is 0 Å². The van der Waals surface area contributed by atoms with Crippen LogP contribution in [0.3, 0.4) is 0 Å². The zero-order valence-electron chi connectivity index (χ0n) is 29.8. The molecule has 268 valence electrons. The van der Waals surface area contributed by atoms with Crippen molar-refractivity contribution in [1.29, 1.82) is 0 Å². The minimum Gasteiger partial charge on any atom is -0.478 e. The van der Waals surface area contributed by atoms with E-state index in [4.69, 9.17) is 17.7 Å². The average molecular weight is 739 g/mol. The Morgan fingerprint density at radius 3 is 1.47 bits per heavy atom. The van der Waals surface area contributed by atoms with Gasteiger partial charge in [0.05, 0.1) is 5.56 Å². The van der Waals surface area contributed by atoms with Gasteiger partial charge in [0.1, 0.15) is 44.7 Å². The number of rotatable bonds is 2. The fourth-order valence-electron chi connectivity index (χ4n) is 8.86. The van der Waals surface area contributed by atoms with E-state index in [1.165, 1.54) is 0 Å². The van der Waals surface area contributed by atoms with Crippen molar-refractivity contribution in [2.75, 3.05) is 0 Å². The Labute approximate surface area is 321 Å². The second kappa shape index (κ2) is 11.6. The van der Waals surface area contributed by atoms with Crippen LogP contribution in [0.5, 0.6) is 0 Å². The number of aromatic carboxylic acids is 1. The minimum absolute atomic E-state index is 0.0412. The molecule has 1 N–H and O–H groups in total. The summed E-state index contributed by atoms with van der Waals surface area (Å²) in [6.07, 6.45) is 0. The third kappa shape index (κ3) is 4.36. The van der Waals surface area contributed by atoms with Crippen LogP contribution < -0.4 is 0 Å². The van der Waals surface area contributed by atoms with Gasteiger partial charge in [-0.15, -0.1) is 0 Å². The predicted molar refractivity (Wildman–Crippen MR) is 223 cm³/mol. The summed E-state index contributed by atoms with van der Waals surface area (Å²) >= 11 is 0. The lowest BCUT2D eigenvalue weighted by atomic mass is 9.93. The molecular weight excluding hydrogens is 713 g/mol. The maximum Gasteiger partial charge on any atom is 0.336 e. The van der Waals surface area contributed by atoms with Crippen LogP contribution in [0.2, 0.25) is 0 Å². The Kier molecular flexibility index (Phi) is 6.38. The van der Waals surface area contributed by atoms with E-state index in [0.717, 1.165) is 93.3 Å². The molecule has 4 heterocycles. The number of carbonyl (C=O) groups is 2. The summed E-state index contributed by atoms with van der Waals surface area (Å²) in [6, 6.07) is 48.3. The van der Waals surface area contributed by atoms with Crippen LogP contribution in [-0.2, 0) is 0 Å². The van der Waals surface area contributed by atoms with E-state index in [2.05, 4.69) is 6.07 Å². The summed E-state index contributed by atoms with van der Waals surface area (Å²) in [5.74, 6) is -0.945. The zero-order valence-corrected chi connectivity index (χ0v) is 29.8. The SMILES string of the molecule is O=C(O)c1ccc2oc3ccccc3c2c1-c1cccc2c1oc1ccccc12.O=C1c2ccc3c(oc4ccccc43)c2-c2c1ccc1oc3ccccc3c21. The maximum absolute atomic E-state index is 13.2. The average Bonchev–Trinajstić information content (AvgIpc) is 4.06. The standard InChI is InChI=1S/C25H14O4.C25H12O3/c26-25(27)18-12-13-21-23(16-7-2-4-11-20(16)28-21)22(18)17-9-5-8-15-14-6-1-3-10-19(14)29-24(15)17;26-24-16-11-12-20-21(15-6-2-4-8-19(15)27-20)22(16)23-17(24)10-9-14-13-5-1-3-7-18(13)28-25(14)23/h1-13H,(H,26,27);1-12H. The summed E-state index contributed by atoms with van der Waals surface area (Å²) in [5.41, 5.74) is 10.8. The van der Waals surface area contributed by atoms with Gasteiger partial charge in [0.15, 0.2) is 5.78 Å². The van der Waals surface area contributed by atoms with Gasteiger partial charge in [0.2, 0.25) is 0 Å². The van der Waals surface area contributed by atoms with Gasteiger partial charge in [-0.05, 0) is 60.7 Å². The molecule has 0 radical (unpaired) electrons. The van der Waals surface area contributed by atoms with Crippen LogP contribution in [-0.4, -0.2) is 16.9 Å². The second-order valence-corrected chi connectivity index (χ2v) is 14.3. The van der Waals surface area contributed by atoms with Crippen molar-refractivity contribution in [3.63, 3.8) is 0 Å². The van der Waals surface area contributed by atoms with Crippen molar-refractivity contribution in [2.45, 2.75) is 0 Å². The number of furan rings is 4. The first-order chi connectivity index (χ1) is 28.0. The highest BCUT2D eigenvalue weighted by Crippen LogP contribution is 2.49. The molecule has 4 aromatic heterocycles.